The Labute approximate surface area is 155 Å². The molecule has 0 atom stereocenters. The number of fused-ring (bicyclic) bond motifs is 1. The minimum atomic E-state index is 0.403. The van der Waals surface area contributed by atoms with E-state index in [9.17, 15) is 0 Å². The zero-order chi connectivity index (χ0) is 18.8. The van der Waals surface area contributed by atoms with Crippen LogP contribution in [0.25, 0.3) is 33.9 Å². The minimum absolute atomic E-state index is 0.403. The first-order chi connectivity index (χ1) is 13.2. The molecule has 2 heterocycles. The van der Waals surface area contributed by atoms with E-state index in [-0.39, 0.29) is 0 Å². The summed E-state index contributed by atoms with van der Waals surface area (Å²) in [5.41, 5.74) is 3.37. The highest BCUT2D eigenvalue weighted by Crippen LogP contribution is 2.32. The van der Waals surface area contributed by atoms with Gasteiger partial charge in [0.2, 0.25) is 5.82 Å². The molecule has 0 N–H and O–H groups in total. The SMILES string of the molecule is CCCn1nnc2cc(-c3noc(-c4ccc(OC)c(OC)c4)n3)ccc21. The van der Waals surface area contributed by atoms with Crippen LogP contribution in [0.3, 0.4) is 0 Å². The van der Waals surface area contributed by atoms with Crippen LogP contribution >= 0.6 is 0 Å². The molecule has 138 valence electrons. The van der Waals surface area contributed by atoms with Gasteiger partial charge in [0.1, 0.15) is 5.52 Å². The molecule has 0 amide bonds. The molecule has 0 radical (unpaired) electrons. The Kier molecular flexibility index (Phi) is 4.45. The zero-order valence-electron chi connectivity index (χ0n) is 15.3. The van der Waals surface area contributed by atoms with Crippen LogP contribution in [0.1, 0.15) is 13.3 Å². The van der Waals surface area contributed by atoms with Gasteiger partial charge in [-0.1, -0.05) is 17.3 Å². The van der Waals surface area contributed by atoms with Crippen molar-refractivity contribution in [2.45, 2.75) is 19.9 Å². The van der Waals surface area contributed by atoms with Crippen molar-refractivity contribution in [1.29, 1.82) is 0 Å². The molecule has 0 bridgehead atoms. The highest BCUT2D eigenvalue weighted by molar-refractivity contribution is 5.80. The lowest BCUT2D eigenvalue weighted by molar-refractivity contribution is 0.355. The fraction of sp³-hybridized carbons (Fsp3) is 0.263. The fourth-order valence-corrected chi connectivity index (χ4v) is 2.92. The Morgan fingerprint density at radius 3 is 2.59 bits per heavy atom. The van der Waals surface area contributed by atoms with E-state index < -0.39 is 0 Å². The van der Waals surface area contributed by atoms with Gasteiger partial charge >= 0.3 is 0 Å². The van der Waals surface area contributed by atoms with Crippen LogP contribution in [-0.2, 0) is 6.54 Å². The van der Waals surface area contributed by atoms with Gasteiger partial charge < -0.3 is 14.0 Å². The molecule has 27 heavy (non-hydrogen) atoms. The third-order valence-corrected chi connectivity index (χ3v) is 4.26. The molecule has 0 fully saturated rings. The van der Waals surface area contributed by atoms with E-state index in [1.54, 1.807) is 26.4 Å². The highest BCUT2D eigenvalue weighted by atomic mass is 16.5. The summed E-state index contributed by atoms with van der Waals surface area (Å²) in [6.45, 7) is 2.94. The fourth-order valence-electron chi connectivity index (χ4n) is 2.92. The Balaban J connectivity index is 1.67. The van der Waals surface area contributed by atoms with Gasteiger partial charge in [-0.25, -0.2) is 4.68 Å². The van der Waals surface area contributed by atoms with Crippen molar-refractivity contribution in [2.75, 3.05) is 14.2 Å². The van der Waals surface area contributed by atoms with Gasteiger partial charge in [-0.15, -0.1) is 5.10 Å². The van der Waals surface area contributed by atoms with Gasteiger partial charge in [0.05, 0.1) is 19.7 Å². The first kappa shape index (κ1) is 17.0. The summed E-state index contributed by atoms with van der Waals surface area (Å²) in [7, 11) is 3.18. The standard InChI is InChI=1S/C19H19N5O3/c1-4-9-24-15-7-5-12(10-14(15)21-23-24)18-20-19(27-22-18)13-6-8-16(25-2)17(11-13)26-3/h5-8,10-11H,4,9H2,1-3H3. The average molecular weight is 365 g/mol. The molecule has 4 aromatic rings. The third-order valence-electron chi connectivity index (χ3n) is 4.26. The van der Waals surface area contributed by atoms with Crippen LogP contribution in [0.5, 0.6) is 11.5 Å². The Bertz CT molecular complexity index is 1090. The van der Waals surface area contributed by atoms with Gasteiger partial charge in [0.15, 0.2) is 11.5 Å². The van der Waals surface area contributed by atoms with Crippen molar-refractivity contribution < 1.29 is 14.0 Å². The number of hydrogen-bond acceptors (Lipinski definition) is 7. The lowest BCUT2D eigenvalue weighted by Crippen LogP contribution is -1.98. The van der Waals surface area contributed by atoms with Crippen LogP contribution in [-0.4, -0.2) is 39.4 Å². The second-order valence-corrected chi connectivity index (χ2v) is 6.01. The number of benzene rings is 2. The molecular weight excluding hydrogens is 346 g/mol. The minimum Gasteiger partial charge on any atom is -0.493 e. The van der Waals surface area contributed by atoms with Gasteiger partial charge in [-0.05, 0) is 42.8 Å². The molecule has 0 spiro atoms. The van der Waals surface area contributed by atoms with E-state index in [0.717, 1.165) is 35.1 Å². The number of nitrogens with zero attached hydrogens (tertiary/aromatic N) is 5. The van der Waals surface area contributed by atoms with Crippen LogP contribution in [0, 0.1) is 0 Å². The number of methoxy groups -OCH3 is 2. The molecule has 0 unspecified atom stereocenters. The summed E-state index contributed by atoms with van der Waals surface area (Å²) in [4.78, 5) is 4.50. The average Bonchev–Trinajstić information content (AvgIpc) is 3.35. The van der Waals surface area contributed by atoms with E-state index in [1.165, 1.54) is 0 Å². The maximum Gasteiger partial charge on any atom is 0.258 e. The monoisotopic (exact) mass is 365 g/mol. The predicted octanol–water partition coefficient (Wildman–Crippen LogP) is 3.58. The second-order valence-electron chi connectivity index (χ2n) is 6.01. The molecule has 8 nitrogen and oxygen atoms in total. The topological polar surface area (TPSA) is 88.1 Å². The summed E-state index contributed by atoms with van der Waals surface area (Å²) in [6, 6.07) is 11.3. The first-order valence-electron chi connectivity index (χ1n) is 8.63. The van der Waals surface area contributed by atoms with Gasteiger partial charge in [-0.3, -0.25) is 0 Å². The number of aryl methyl sites for hydroxylation is 1. The van der Waals surface area contributed by atoms with E-state index in [1.807, 2.05) is 28.9 Å². The predicted molar refractivity (Wildman–Crippen MR) is 99.7 cm³/mol. The van der Waals surface area contributed by atoms with Crippen LogP contribution in [0.15, 0.2) is 40.9 Å². The third kappa shape index (κ3) is 3.10. The first-order valence-corrected chi connectivity index (χ1v) is 8.63. The van der Waals surface area contributed by atoms with Crippen molar-refractivity contribution in [3.8, 4) is 34.3 Å². The maximum atomic E-state index is 5.44. The van der Waals surface area contributed by atoms with Gasteiger partial charge in [0, 0.05) is 17.7 Å². The second kappa shape index (κ2) is 7.06. The van der Waals surface area contributed by atoms with Crippen molar-refractivity contribution >= 4 is 11.0 Å². The van der Waals surface area contributed by atoms with Gasteiger partial charge in [-0.2, -0.15) is 4.98 Å². The normalized spacial score (nSPS) is 11.1. The molecule has 2 aromatic carbocycles. The maximum absolute atomic E-state index is 5.44. The number of hydrogen-bond donors (Lipinski definition) is 0. The van der Waals surface area contributed by atoms with Crippen LogP contribution in [0.2, 0.25) is 0 Å². The summed E-state index contributed by atoms with van der Waals surface area (Å²) in [5, 5.41) is 12.5. The summed E-state index contributed by atoms with van der Waals surface area (Å²) in [6.07, 6.45) is 1.000. The largest absolute Gasteiger partial charge is 0.493 e. The quantitative estimate of drug-likeness (QED) is 0.516. The molecule has 0 saturated heterocycles. The summed E-state index contributed by atoms with van der Waals surface area (Å²) >= 11 is 0. The molecule has 0 aliphatic heterocycles. The van der Waals surface area contributed by atoms with Crippen molar-refractivity contribution in [3.63, 3.8) is 0 Å². The number of rotatable bonds is 6. The number of ether oxygens (including phenoxy) is 2. The van der Waals surface area contributed by atoms with E-state index in [4.69, 9.17) is 14.0 Å². The summed E-state index contributed by atoms with van der Waals surface area (Å²) in [5.74, 6) is 2.14. The summed E-state index contributed by atoms with van der Waals surface area (Å²) < 4.78 is 17.9. The molecule has 4 rings (SSSR count). The van der Waals surface area contributed by atoms with Gasteiger partial charge in [0.25, 0.3) is 5.89 Å². The number of aromatic nitrogens is 5. The van der Waals surface area contributed by atoms with Crippen molar-refractivity contribution in [2.24, 2.45) is 0 Å². The van der Waals surface area contributed by atoms with E-state index in [0.29, 0.717) is 23.2 Å². The molecule has 0 aliphatic carbocycles. The molecular formula is C19H19N5O3. The Morgan fingerprint density at radius 1 is 1.00 bits per heavy atom. The van der Waals surface area contributed by atoms with E-state index >= 15 is 0 Å². The Morgan fingerprint density at radius 2 is 1.81 bits per heavy atom. The molecule has 2 aromatic heterocycles. The zero-order valence-corrected chi connectivity index (χ0v) is 15.3. The van der Waals surface area contributed by atoms with Crippen molar-refractivity contribution in [1.82, 2.24) is 25.1 Å². The smallest absolute Gasteiger partial charge is 0.258 e. The van der Waals surface area contributed by atoms with Crippen LogP contribution in [0.4, 0.5) is 0 Å². The molecule has 8 heteroatoms. The Hall–Kier alpha value is -3.42. The van der Waals surface area contributed by atoms with Crippen LogP contribution < -0.4 is 9.47 Å². The highest BCUT2D eigenvalue weighted by Gasteiger charge is 2.15. The lowest BCUT2D eigenvalue weighted by atomic mass is 10.2. The molecule has 0 aliphatic rings. The lowest BCUT2D eigenvalue weighted by Gasteiger charge is -2.07. The molecule has 0 saturated carbocycles. The van der Waals surface area contributed by atoms with Crippen molar-refractivity contribution in [3.05, 3.63) is 36.4 Å². The van der Waals surface area contributed by atoms with E-state index in [2.05, 4.69) is 27.4 Å².